The minimum absolute atomic E-state index is 0. The molecule has 0 aromatic heterocycles. The van der Waals surface area contributed by atoms with E-state index in [0.29, 0.717) is 24.3 Å². The summed E-state index contributed by atoms with van der Waals surface area (Å²) < 4.78 is 39.0. The molecule has 0 radical (unpaired) electrons. The van der Waals surface area contributed by atoms with Gasteiger partial charge in [-0.15, -0.1) is 12.4 Å². The van der Waals surface area contributed by atoms with Gasteiger partial charge in [-0.2, -0.15) is 0 Å². The number of rotatable bonds is 12. The fraction of sp³-hybridized carbons (Fsp3) is 0.417. The first-order chi connectivity index (χ1) is 16.3. The third-order valence-corrected chi connectivity index (χ3v) is 5.70. The molecular weight excluding hydrogens is 478 g/mol. The summed E-state index contributed by atoms with van der Waals surface area (Å²) in [7, 11) is 0. The second-order valence-electron chi connectivity index (χ2n) is 8.21. The van der Waals surface area contributed by atoms with Crippen LogP contribution in [-0.2, 0) is 0 Å². The quantitative estimate of drug-likeness (QED) is 0.198. The smallest absolute Gasteiger partial charge is 0.165 e. The van der Waals surface area contributed by atoms with E-state index in [0.717, 1.165) is 52.1 Å². The van der Waals surface area contributed by atoms with Gasteiger partial charge in [-0.05, 0) is 49.2 Å². The largest absolute Gasteiger partial charge is 0.490 e. The molecule has 1 heterocycles. The maximum atomic E-state index is 14.0. The Morgan fingerprint density at radius 2 is 1.11 bits per heavy atom. The molecule has 0 amide bonds. The second kappa shape index (κ2) is 13.8. The molecular formula is C24H33ClF2N6O2. The third-order valence-electron chi connectivity index (χ3n) is 5.70. The van der Waals surface area contributed by atoms with Crippen molar-refractivity contribution < 1.29 is 18.3 Å². The van der Waals surface area contributed by atoms with E-state index in [4.69, 9.17) is 31.8 Å². The lowest BCUT2D eigenvalue weighted by molar-refractivity contribution is 0.120. The molecule has 0 bridgehead atoms. The predicted octanol–water partition coefficient (Wildman–Crippen LogP) is 2.81. The number of amidine groups is 2. The Hall–Kier alpha value is -2.95. The molecule has 0 spiro atoms. The highest BCUT2D eigenvalue weighted by Crippen LogP contribution is 2.19. The van der Waals surface area contributed by atoms with Gasteiger partial charge < -0.3 is 30.7 Å². The van der Waals surface area contributed by atoms with Crippen molar-refractivity contribution >= 4 is 24.1 Å². The maximum Gasteiger partial charge on any atom is 0.165 e. The molecule has 0 atom stereocenters. The Morgan fingerprint density at radius 3 is 1.43 bits per heavy atom. The van der Waals surface area contributed by atoms with Gasteiger partial charge in [-0.1, -0.05) is 0 Å². The van der Waals surface area contributed by atoms with Crippen LogP contribution in [0.25, 0.3) is 0 Å². The SMILES string of the molecule is Cl.N=C(N)c1ccc(OCCCN2CCN(CCCOc3ccc(C(=N)N)cc3F)CC2)c(F)c1. The summed E-state index contributed by atoms with van der Waals surface area (Å²) in [5.74, 6) is -1.03. The van der Waals surface area contributed by atoms with Gasteiger partial charge in [0.25, 0.3) is 0 Å². The highest BCUT2D eigenvalue weighted by atomic mass is 35.5. The molecule has 192 valence electrons. The number of hydrogen-bond acceptors (Lipinski definition) is 6. The van der Waals surface area contributed by atoms with Gasteiger partial charge in [-0.3, -0.25) is 10.8 Å². The first kappa shape index (κ1) is 28.3. The lowest BCUT2D eigenvalue weighted by Crippen LogP contribution is -2.47. The zero-order valence-corrected chi connectivity index (χ0v) is 20.4. The molecule has 2 aromatic rings. The second-order valence-corrected chi connectivity index (χ2v) is 8.21. The van der Waals surface area contributed by atoms with Gasteiger partial charge in [0.05, 0.1) is 13.2 Å². The average Bonchev–Trinajstić information content (AvgIpc) is 2.81. The van der Waals surface area contributed by atoms with Crippen molar-refractivity contribution in [3.05, 3.63) is 59.2 Å². The molecule has 0 unspecified atom stereocenters. The van der Waals surface area contributed by atoms with Crippen molar-refractivity contribution in [2.24, 2.45) is 11.5 Å². The lowest BCUT2D eigenvalue weighted by atomic mass is 10.2. The average molecular weight is 511 g/mol. The summed E-state index contributed by atoms with van der Waals surface area (Å²) in [4.78, 5) is 4.72. The van der Waals surface area contributed by atoms with Crippen molar-refractivity contribution in [1.29, 1.82) is 10.8 Å². The molecule has 35 heavy (non-hydrogen) atoms. The number of hydrogen-bond donors (Lipinski definition) is 4. The number of piperazine rings is 1. The number of nitrogen functional groups attached to an aromatic ring is 2. The van der Waals surface area contributed by atoms with Crippen LogP contribution in [0.3, 0.4) is 0 Å². The van der Waals surface area contributed by atoms with E-state index in [-0.39, 0.29) is 35.6 Å². The molecule has 1 saturated heterocycles. The Bertz CT molecular complexity index is 922. The van der Waals surface area contributed by atoms with E-state index in [1.54, 1.807) is 12.1 Å². The predicted molar refractivity (Wildman–Crippen MR) is 135 cm³/mol. The normalized spacial score (nSPS) is 14.2. The Balaban J connectivity index is 0.00000432. The highest BCUT2D eigenvalue weighted by molar-refractivity contribution is 5.95. The highest BCUT2D eigenvalue weighted by Gasteiger charge is 2.16. The molecule has 1 aliphatic rings. The Labute approximate surface area is 210 Å². The zero-order valence-electron chi connectivity index (χ0n) is 19.6. The molecule has 6 N–H and O–H groups in total. The van der Waals surface area contributed by atoms with Crippen molar-refractivity contribution in [2.45, 2.75) is 12.8 Å². The summed E-state index contributed by atoms with van der Waals surface area (Å²) in [5.41, 5.74) is 11.4. The van der Waals surface area contributed by atoms with E-state index in [2.05, 4.69) is 9.80 Å². The van der Waals surface area contributed by atoms with Crippen LogP contribution in [0.15, 0.2) is 36.4 Å². The van der Waals surface area contributed by atoms with E-state index in [1.165, 1.54) is 24.3 Å². The zero-order chi connectivity index (χ0) is 24.5. The Kier molecular flexibility index (Phi) is 11.2. The van der Waals surface area contributed by atoms with Crippen molar-refractivity contribution in [3.63, 3.8) is 0 Å². The molecule has 3 rings (SSSR count). The van der Waals surface area contributed by atoms with Crippen molar-refractivity contribution in [1.82, 2.24) is 9.80 Å². The summed E-state index contributed by atoms with van der Waals surface area (Å²) in [6.07, 6.45) is 1.57. The number of nitrogens with one attached hydrogen (secondary N) is 2. The maximum absolute atomic E-state index is 14.0. The number of benzene rings is 2. The molecule has 0 saturated carbocycles. The topological polar surface area (TPSA) is 125 Å². The van der Waals surface area contributed by atoms with E-state index < -0.39 is 11.6 Å². The van der Waals surface area contributed by atoms with Crippen molar-refractivity contribution in [3.8, 4) is 11.5 Å². The third kappa shape index (κ3) is 8.65. The monoisotopic (exact) mass is 510 g/mol. The van der Waals surface area contributed by atoms with Gasteiger partial charge in [0.1, 0.15) is 11.7 Å². The molecule has 11 heteroatoms. The summed E-state index contributed by atoms with van der Waals surface area (Å²) >= 11 is 0. The van der Waals surface area contributed by atoms with Crippen LogP contribution in [-0.4, -0.2) is 74.0 Å². The first-order valence-electron chi connectivity index (χ1n) is 11.3. The molecule has 1 fully saturated rings. The van der Waals surface area contributed by atoms with Gasteiger partial charge >= 0.3 is 0 Å². The van der Waals surface area contributed by atoms with Gasteiger partial charge in [0.2, 0.25) is 0 Å². The van der Waals surface area contributed by atoms with E-state index in [1.807, 2.05) is 0 Å². The van der Waals surface area contributed by atoms with Crippen LogP contribution in [0.2, 0.25) is 0 Å². The van der Waals surface area contributed by atoms with Crippen LogP contribution in [0.4, 0.5) is 8.78 Å². The Morgan fingerprint density at radius 1 is 0.743 bits per heavy atom. The van der Waals surface area contributed by atoms with Crippen LogP contribution in [0.1, 0.15) is 24.0 Å². The van der Waals surface area contributed by atoms with Crippen LogP contribution >= 0.6 is 12.4 Å². The van der Waals surface area contributed by atoms with E-state index in [9.17, 15) is 8.78 Å². The fourth-order valence-electron chi connectivity index (χ4n) is 3.75. The van der Waals surface area contributed by atoms with Crippen LogP contribution in [0, 0.1) is 22.5 Å². The number of ether oxygens (including phenoxy) is 2. The van der Waals surface area contributed by atoms with Gasteiger partial charge in [0.15, 0.2) is 23.1 Å². The molecule has 8 nitrogen and oxygen atoms in total. The number of halogens is 3. The van der Waals surface area contributed by atoms with Crippen molar-refractivity contribution in [2.75, 3.05) is 52.5 Å². The van der Waals surface area contributed by atoms with E-state index >= 15 is 0 Å². The molecule has 1 aliphatic heterocycles. The summed E-state index contributed by atoms with van der Waals surface area (Å²) in [6, 6.07) is 8.58. The minimum Gasteiger partial charge on any atom is -0.490 e. The van der Waals surface area contributed by atoms with Gasteiger partial charge in [0, 0.05) is 50.4 Å². The number of nitrogens with two attached hydrogens (primary N) is 2. The van der Waals surface area contributed by atoms with Gasteiger partial charge in [-0.25, -0.2) is 8.78 Å². The number of nitrogens with zero attached hydrogens (tertiary/aromatic N) is 2. The van der Waals surface area contributed by atoms with Crippen LogP contribution < -0.4 is 20.9 Å². The molecule has 0 aliphatic carbocycles. The fourth-order valence-corrected chi connectivity index (χ4v) is 3.75. The summed E-state index contributed by atoms with van der Waals surface area (Å²) in [5, 5.41) is 14.7. The van der Waals surface area contributed by atoms with Crippen LogP contribution in [0.5, 0.6) is 11.5 Å². The lowest BCUT2D eigenvalue weighted by Gasteiger charge is -2.34. The minimum atomic E-state index is -0.513. The summed E-state index contributed by atoms with van der Waals surface area (Å²) in [6.45, 7) is 6.37. The molecule has 2 aromatic carbocycles. The standard InChI is InChI=1S/C24H32F2N6O2.ClH/c25-19-15-17(23(27)28)3-5-21(19)33-13-1-7-31-9-11-32(12-10-31)8-2-14-34-22-6-4-18(24(29)30)16-20(22)26;/h3-6,15-16H,1-2,7-14H2,(H3,27,28)(H3,29,30);1H. The first-order valence-corrected chi connectivity index (χ1v) is 11.3.